The highest BCUT2D eigenvalue weighted by molar-refractivity contribution is 5.47. The van der Waals surface area contributed by atoms with Gasteiger partial charge in [0.05, 0.1) is 6.10 Å². The maximum absolute atomic E-state index is 10.6. The van der Waals surface area contributed by atoms with E-state index in [1.165, 1.54) is 0 Å². The fourth-order valence-electron chi connectivity index (χ4n) is 2.35. The number of aliphatic hydroxyl groups excluding tert-OH is 1. The van der Waals surface area contributed by atoms with E-state index in [0.717, 1.165) is 43.7 Å². The third-order valence-corrected chi connectivity index (χ3v) is 3.53. The molecule has 18 heavy (non-hydrogen) atoms. The van der Waals surface area contributed by atoms with Gasteiger partial charge in [0.15, 0.2) is 0 Å². The summed E-state index contributed by atoms with van der Waals surface area (Å²) >= 11 is 0. The van der Waals surface area contributed by atoms with Crippen LogP contribution in [-0.2, 0) is 4.79 Å². The summed E-state index contributed by atoms with van der Waals surface area (Å²) in [6.45, 7) is 5.83. The maximum Gasteiger partial charge on any atom is 0.209 e. The molecule has 0 saturated carbocycles. The monoisotopic (exact) mass is 248 g/mol. The van der Waals surface area contributed by atoms with Gasteiger partial charge in [0, 0.05) is 32.7 Å². The molecule has 1 atom stereocenters. The first-order valence-corrected chi connectivity index (χ1v) is 6.36. The van der Waals surface area contributed by atoms with Crippen LogP contribution in [0.1, 0.15) is 17.2 Å². The second kappa shape index (κ2) is 5.98. The minimum absolute atomic E-state index is 0.450. The summed E-state index contributed by atoms with van der Waals surface area (Å²) < 4.78 is 0. The number of carbonyl (C=O) groups is 1. The van der Waals surface area contributed by atoms with Gasteiger partial charge in [-0.2, -0.15) is 0 Å². The topological polar surface area (TPSA) is 43.8 Å². The summed E-state index contributed by atoms with van der Waals surface area (Å²) in [4.78, 5) is 14.6. The normalized spacial score (nSPS) is 18.7. The molecule has 4 nitrogen and oxygen atoms in total. The number of rotatable bonds is 4. The van der Waals surface area contributed by atoms with E-state index in [2.05, 4.69) is 4.90 Å². The van der Waals surface area contributed by atoms with Gasteiger partial charge in [-0.15, -0.1) is 0 Å². The molecule has 0 aliphatic carbocycles. The van der Waals surface area contributed by atoms with Crippen molar-refractivity contribution < 1.29 is 9.90 Å². The van der Waals surface area contributed by atoms with Crippen LogP contribution in [0.2, 0.25) is 0 Å². The van der Waals surface area contributed by atoms with Crippen LogP contribution >= 0.6 is 0 Å². The van der Waals surface area contributed by atoms with Gasteiger partial charge in [-0.25, -0.2) is 0 Å². The molecule has 0 bridgehead atoms. The minimum Gasteiger partial charge on any atom is -0.387 e. The summed E-state index contributed by atoms with van der Waals surface area (Å²) in [6, 6.07) is 7.93. The van der Waals surface area contributed by atoms with Gasteiger partial charge in [0.2, 0.25) is 6.41 Å². The van der Waals surface area contributed by atoms with Crippen molar-refractivity contribution in [3.63, 3.8) is 0 Å². The third kappa shape index (κ3) is 3.09. The van der Waals surface area contributed by atoms with Crippen LogP contribution in [0.4, 0.5) is 0 Å². The Balaban J connectivity index is 1.90. The van der Waals surface area contributed by atoms with Gasteiger partial charge >= 0.3 is 0 Å². The van der Waals surface area contributed by atoms with E-state index in [4.69, 9.17) is 0 Å². The van der Waals surface area contributed by atoms with Gasteiger partial charge in [-0.1, -0.05) is 24.3 Å². The molecule has 1 aliphatic heterocycles. The number of nitrogens with zero attached hydrogens (tertiary/aromatic N) is 2. The van der Waals surface area contributed by atoms with Gasteiger partial charge in [0.25, 0.3) is 0 Å². The van der Waals surface area contributed by atoms with Crippen molar-refractivity contribution in [2.24, 2.45) is 0 Å². The zero-order valence-electron chi connectivity index (χ0n) is 10.7. The third-order valence-electron chi connectivity index (χ3n) is 3.53. The second-order valence-electron chi connectivity index (χ2n) is 4.81. The van der Waals surface area contributed by atoms with Crippen LogP contribution in [0, 0.1) is 6.92 Å². The molecule has 1 aromatic rings. The number of hydrogen-bond donors (Lipinski definition) is 1. The number of aryl methyl sites for hydroxylation is 1. The van der Waals surface area contributed by atoms with Crippen molar-refractivity contribution in [2.75, 3.05) is 32.7 Å². The van der Waals surface area contributed by atoms with Crippen molar-refractivity contribution >= 4 is 6.41 Å². The minimum atomic E-state index is -0.450. The first kappa shape index (κ1) is 13.1. The van der Waals surface area contributed by atoms with Crippen LogP contribution in [0.25, 0.3) is 0 Å². The highest BCUT2D eigenvalue weighted by Gasteiger charge is 2.19. The molecule has 4 heteroatoms. The SMILES string of the molecule is Cc1ccccc1C(O)CN1CCN(C=O)CC1. The molecule has 98 valence electrons. The lowest BCUT2D eigenvalue weighted by Crippen LogP contribution is -2.46. The fraction of sp³-hybridized carbons (Fsp3) is 0.500. The quantitative estimate of drug-likeness (QED) is 0.802. The number of β-amino-alcohol motifs (C(OH)–C–C–N with tert-alkyl or cyclic N) is 1. The fourth-order valence-corrected chi connectivity index (χ4v) is 2.35. The molecule has 0 spiro atoms. The Morgan fingerprint density at radius 3 is 2.56 bits per heavy atom. The van der Waals surface area contributed by atoms with E-state index in [1.807, 2.05) is 31.2 Å². The Morgan fingerprint density at radius 2 is 1.94 bits per heavy atom. The largest absolute Gasteiger partial charge is 0.387 e. The van der Waals surface area contributed by atoms with Gasteiger partial charge < -0.3 is 10.0 Å². The van der Waals surface area contributed by atoms with Crippen molar-refractivity contribution in [3.8, 4) is 0 Å². The highest BCUT2D eigenvalue weighted by atomic mass is 16.3. The molecular weight excluding hydrogens is 228 g/mol. The van der Waals surface area contributed by atoms with Crippen LogP contribution in [0.3, 0.4) is 0 Å². The summed E-state index contributed by atoms with van der Waals surface area (Å²) in [5.41, 5.74) is 2.12. The van der Waals surface area contributed by atoms with Gasteiger partial charge in [-0.3, -0.25) is 9.69 Å². The number of amides is 1. The Kier molecular flexibility index (Phi) is 4.33. The maximum atomic E-state index is 10.6. The zero-order valence-corrected chi connectivity index (χ0v) is 10.7. The van der Waals surface area contributed by atoms with Crippen LogP contribution < -0.4 is 0 Å². The second-order valence-corrected chi connectivity index (χ2v) is 4.81. The molecular formula is C14H20N2O2. The predicted molar refractivity (Wildman–Crippen MR) is 70.2 cm³/mol. The van der Waals surface area contributed by atoms with Gasteiger partial charge in [0.1, 0.15) is 0 Å². The molecule has 1 amide bonds. The molecule has 1 aliphatic rings. The van der Waals surface area contributed by atoms with E-state index in [-0.39, 0.29) is 0 Å². The predicted octanol–water partition coefficient (Wildman–Crippen LogP) is 0.802. The Bertz CT molecular complexity index is 401. The molecule has 1 saturated heterocycles. The standard InChI is InChI=1S/C14H20N2O2/c1-12-4-2-3-5-13(12)14(18)10-15-6-8-16(11-17)9-7-15/h2-5,11,14,18H,6-10H2,1H3. The van der Waals surface area contributed by atoms with E-state index in [9.17, 15) is 9.90 Å². The molecule has 1 aromatic carbocycles. The molecule has 2 rings (SSSR count). The Hall–Kier alpha value is -1.39. The molecule has 1 heterocycles. The average Bonchev–Trinajstić information content (AvgIpc) is 2.40. The molecule has 0 radical (unpaired) electrons. The lowest BCUT2D eigenvalue weighted by atomic mass is 10.0. The van der Waals surface area contributed by atoms with Crippen molar-refractivity contribution in [1.29, 1.82) is 0 Å². The number of carbonyl (C=O) groups excluding carboxylic acids is 1. The molecule has 0 aromatic heterocycles. The summed E-state index contributed by atoms with van der Waals surface area (Å²) in [5.74, 6) is 0. The molecule has 1 N–H and O–H groups in total. The van der Waals surface area contributed by atoms with Crippen molar-refractivity contribution in [2.45, 2.75) is 13.0 Å². The van der Waals surface area contributed by atoms with E-state index in [0.29, 0.717) is 6.54 Å². The highest BCUT2D eigenvalue weighted by Crippen LogP contribution is 2.18. The summed E-state index contributed by atoms with van der Waals surface area (Å²) in [6.07, 6.45) is 0.448. The van der Waals surface area contributed by atoms with Crippen molar-refractivity contribution in [3.05, 3.63) is 35.4 Å². The van der Waals surface area contributed by atoms with Crippen LogP contribution in [0.5, 0.6) is 0 Å². The number of aliphatic hydroxyl groups is 1. The van der Waals surface area contributed by atoms with Crippen molar-refractivity contribution in [1.82, 2.24) is 9.80 Å². The number of benzene rings is 1. The van der Waals surface area contributed by atoms with E-state index >= 15 is 0 Å². The van der Waals surface area contributed by atoms with Crippen LogP contribution in [0.15, 0.2) is 24.3 Å². The first-order chi connectivity index (χ1) is 8.70. The smallest absolute Gasteiger partial charge is 0.209 e. The lowest BCUT2D eigenvalue weighted by Gasteiger charge is -2.33. The Morgan fingerprint density at radius 1 is 1.28 bits per heavy atom. The average molecular weight is 248 g/mol. The number of piperazine rings is 1. The van der Waals surface area contributed by atoms with E-state index in [1.54, 1.807) is 4.90 Å². The summed E-state index contributed by atoms with van der Waals surface area (Å²) in [7, 11) is 0. The number of hydrogen-bond acceptors (Lipinski definition) is 3. The Labute approximate surface area is 108 Å². The molecule has 1 unspecified atom stereocenters. The molecule has 1 fully saturated rings. The zero-order chi connectivity index (χ0) is 13.0. The van der Waals surface area contributed by atoms with Gasteiger partial charge in [-0.05, 0) is 18.1 Å². The van der Waals surface area contributed by atoms with Crippen LogP contribution in [-0.4, -0.2) is 54.0 Å². The first-order valence-electron chi connectivity index (χ1n) is 6.36. The summed E-state index contributed by atoms with van der Waals surface area (Å²) in [5, 5.41) is 10.3. The lowest BCUT2D eigenvalue weighted by molar-refractivity contribution is -0.119. The van der Waals surface area contributed by atoms with E-state index < -0.39 is 6.10 Å².